The molecule has 0 saturated carbocycles. The Kier molecular flexibility index (Phi) is 2.47. The minimum Gasteiger partial charge on any atom is -0.361 e. The Morgan fingerprint density at radius 2 is 1.80 bits per heavy atom. The summed E-state index contributed by atoms with van der Waals surface area (Å²) in [4.78, 5) is 7.55. The molecule has 0 fully saturated rings. The molecule has 15 heavy (non-hydrogen) atoms. The Hall–Kier alpha value is -2.14. The van der Waals surface area contributed by atoms with E-state index in [1.54, 1.807) is 6.07 Å². The third kappa shape index (κ3) is 2.03. The highest BCUT2D eigenvalue weighted by atomic mass is 14.9. The van der Waals surface area contributed by atoms with E-state index >= 15 is 0 Å². The van der Waals surface area contributed by atoms with Crippen molar-refractivity contribution in [2.75, 3.05) is 0 Å². The molecule has 0 bridgehead atoms. The van der Waals surface area contributed by atoms with Gasteiger partial charge in [-0.15, -0.1) is 4.98 Å². The Balaban J connectivity index is 2.46. The second kappa shape index (κ2) is 3.93. The topological polar surface area (TPSA) is 17.2 Å². The normalized spacial score (nSPS) is 9.60. The Morgan fingerprint density at radius 1 is 1.07 bits per heavy atom. The molecule has 0 aliphatic heterocycles. The summed E-state index contributed by atoms with van der Waals surface area (Å²) in [6.45, 7) is 8.95. The predicted molar refractivity (Wildman–Crippen MR) is 60.7 cm³/mol. The highest BCUT2D eigenvalue weighted by molar-refractivity contribution is 5.61. The van der Waals surface area contributed by atoms with Crippen molar-refractivity contribution in [2.24, 2.45) is 0 Å². The minimum atomic E-state index is 0.438. The number of hydrogen-bond acceptors (Lipinski definition) is 1. The maximum absolute atomic E-state index is 6.90. The van der Waals surface area contributed by atoms with Gasteiger partial charge in [0.25, 0.3) is 5.82 Å². The van der Waals surface area contributed by atoms with Crippen molar-refractivity contribution in [2.45, 2.75) is 6.92 Å². The largest absolute Gasteiger partial charge is 0.361 e. The van der Waals surface area contributed by atoms with Gasteiger partial charge >= 0.3 is 0 Å². The van der Waals surface area contributed by atoms with Crippen molar-refractivity contribution in [3.63, 3.8) is 0 Å². The van der Waals surface area contributed by atoms with Crippen LogP contribution in [-0.2, 0) is 0 Å². The lowest BCUT2D eigenvalue weighted by Crippen LogP contribution is -1.82. The van der Waals surface area contributed by atoms with Crippen molar-refractivity contribution in [1.82, 2.24) is 4.98 Å². The van der Waals surface area contributed by atoms with Crippen LogP contribution in [0.25, 0.3) is 16.1 Å². The SMILES string of the molecule is [C-]#[N+]c1cccc(-c2ccc(C)cc2)n1. The first-order valence-corrected chi connectivity index (χ1v) is 4.71. The molecule has 2 heteroatoms. The van der Waals surface area contributed by atoms with E-state index in [9.17, 15) is 0 Å². The lowest BCUT2D eigenvalue weighted by molar-refractivity contribution is 1.34. The average Bonchev–Trinajstić information content (AvgIpc) is 2.30. The summed E-state index contributed by atoms with van der Waals surface area (Å²) >= 11 is 0. The second-order valence-electron chi connectivity index (χ2n) is 3.36. The van der Waals surface area contributed by atoms with E-state index in [4.69, 9.17) is 6.57 Å². The van der Waals surface area contributed by atoms with Gasteiger partial charge in [0.2, 0.25) is 0 Å². The van der Waals surface area contributed by atoms with Crippen LogP contribution in [-0.4, -0.2) is 4.98 Å². The number of aromatic nitrogens is 1. The number of rotatable bonds is 1. The summed E-state index contributed by atoms with van der Waals surface area (Å²) in [5.41, 5.74) is 3.12. The molecule has 0 amide bonds. The van der Waals surface area contributed by atoms with Crippen LogP contribution in [0.4, 0.5) is 5.82 Å². The third-order valence-electron chi connectivity index (χ3n) is 2.20. The molecular weight excluding hydrogens is 184 g/mol. The number of aryl methyl sites for hydroxylation is 1. The fourth-order valence-electron chi connectivity index (χ4n) is 1.37. The summed E-state index contributed by atoms with van der Waals surface area (Å²) in [5.74, 6) is 0.438. The zero-order valence-corrected chi connectivity index (χ0v) is 8.44. The number of pyridine rings is 1. The van der Waals surface area contributed by atoms with E-state index in [1.165, 1.54) is 5.56 Å². The van der Waals surface area contributed by atoms with E-state index in [-0.39, 0.29) is 0 Å². The zero-order valence-electron chi connectivity index (χ0n) is 8.44. The van der Waals surface area contributed by atoms with Crippen molar-refractivity contribution in [3.05, 3.63) is 59.4 Å². The van der Waals surface area contributed by atoms with Crippen LogP contribution >= 0.6 is 0 Å². The molecule has 0 aliphatic carbocycles. The number of hydrogen-bond donors (Lipinski definition) is 0. The van der Waals surface area contributed by atoms with Crippen LogP contribution in [0.15, 0.2) is 42.5 Å². The molecule has 2 aromatic rings. The second-order valence-corrected chi connectivity index (χ2v) is 3.36. The molecule has 0 atom stereocenters. The summed E-state index contributed by atoms with van der Waals surface area (Å²) in [5, 5.41) is 0. The van der Waals surface area contributed by atoms with Gasteiger partial charge in [0.15, 0.2) is 5.69 Å². The fraction of sp³-hybridized carbons (Fsp3) is 0.0769. The number of benzene rings is 1. The molecule has 1 heterocycles. The first-order valence-electron chi connectivity index (χ1n) is 4.71. The number of nitrogens with zero attached hydrogens (tertiary/aromatic N) is 2. The van der Waals surface area contributed by atoms with Gasteiger partial charge in [-0.05, 0) is 19.1 Å². The first-order chi connectivity index (χ1) is 7.29. The summed E-state index contributed by atoms with van der Waals surface area (Å²) in [6, 6.07) is 13.6. The summed E-state index contributed by atoms with van der Waals surface area (Å²) < 4.78 is 0. The van der Waals surface area contributed by atoms with E-state index in [2.05, 4.69) is 9.83 Å². The van der Waals surface area contributed by atoms with Gasteiger partial charge in [-0.3, -0.25) is 0 Å². The maximum atomic E-state index is 6.90. The summed E-state index contributed by atoms with van der Waals surface area (Å²) in [6.07, 6.45) is 0. The third-order valence-corrected chi connectivity index (χ3v) is 2.20. The van der Waals surface area contributed by atoms with Crippen molar-refractivity contribution in [1.29, 1.82) is 0 Å². The van der Waals surface area contributed by atoms with Gasteiger partial charge in [0.05, 0.1) is 0 Å². The lowest BCUT2D eigenvalue weighted by Gasteiger charge is -1.98. The first kappa shape index (κ1) is 9.42. The molecule has 0 N–H and O–H groups in total. The molecule has 2 nitrogen and oxygen atoms in total. The van der Waals surface area contributed by atoms with Crippen LogP contribution < -0.4 is 0 Å². The molecule has 0 spiro atoms. The van der Waals surface area contributed by atoms with Crippen molar-refractivity contribution < 1.29 is 0 Å². The van der Waals surface area contributed by atoms with E-state index < -0.39 is 0 Å². The van der Waals surface area contributed by atoms with E-state index in [1.807, 2.05) is 43.3 Å². The molecule has 0 saturated heterocycles. The van der Waals surface area contributed by atoms with Crippen molar-refractivity contribution >= 4 is 5.82 Å². The molecule has 72 valence electrons. The predicted octanol–water partition coefficient (Wildman–Crippen LogP) is 3.61. The quantitative estimate of drug-likeness (QED) is 0.634. The monoisotopic (exact) mass is 194 g/mol. The Labute approximate surface area is 89.0 Å². The van der Waals surface area contributed by atoms with Crippen LogP contribution in [0.3, 0.4) is 0 Å². The average molecular weight is 194 g/mol. The van der Waals surface area contributed by atoms with E-state index in [0.29, 0.717) is 5.82 Å². The van der Waals surface area contributed by atoms with Crippen LogP contribution in [0.5, 0.6) is 0 Å². The Bertz CT molecular complexity index is 507. The maximum Gasteiger partial charge on any atom is 0.270 e. The van der Waals surface area contributed by atoms with Gasteiger partial charge in [0, 0.05) is 5.56 Å². The molecule has 0 unspecified atom stereocenters. The van der Waals surface area contributed by atoms with Crippen LogP contribution in [0.1, 0.15) is 5.56 Å². The van der Waals surface area contributed by atoms with Gasteiger partial charge in [-0.2, -0.15) is 0 Å². The lowest BCUT2D eigenvalue weighted by atomic mass is 10.1. The molecule has 2 rings (SSSR count). The van der Waals surface area contributed by atoms with Gasteiger partial charge in [-0.25, -0.2) is 0 Å². The highest BCUT2D eigenvalue weighted by Gasteiger charge is 2.03. The molecule has 0 aliphatic rings. The fourth-order valence-corrected chi connectivity index (χ4v) is 1.37. The van der Waals surface area contributed by atoms with Crippen LogP contribution in [0, 0.1) is 13.5 Å². The molecular formula is C13H10N2. The molecule has 1 aromatic carbocycles. The van der Waals surface area contributed by atoms with Gasteiger partial charge < -0.3 is 4.85 Å². The van der Waals surface area contributed by atoms with Gasteiger partial charge in [0.1, 0.15) is 0 Å². The zero-order chi connectivity index (χ0) is 10.7. The highest BCUT2D eigenvalue weighted by Crippen LogP contribution is 2.20. The van der Waals surface area contributed by atoms with Crippen molar-refractivity contribution in [3.8, 4) is 11.3 Å². The molecule has 1 aromatic heterocycles. The summed E-state index contributed by atoms with van der Waals surface area (Å²) in [7, 11) is 0. The van der Waals surface area contributed by atoms with E-state index in [0.717, 1.165) is 11.3 Å². The standard InChI is InChI=1S/C13H10N2/c1-10-6-8-11(9-7-10)12-4-3-5-13(14-2)15-12/h3-9H,1H3. The minimum absolute atomic E-state index is 0.438. The molecule has 0 radical (unpaired) electrons. The van der Waals surface area contributed by atoms with Gasteiger partial charge in [-0.1, -0.05) is 42.5 Å². The smallest absolute Gasteiger partial charge is 0.270 e. The Morgan fingerprint density at radius 3 is 2.47 bits per heavy atom. The van der Waals surface area contributed by atoms with Crippen LogP contribution in [0.2, 0.25) is 0 Å².